The van der Waals surface area contributed by atoms with Gasteiger partial charge in [-0.05, 0) is 25.0 Å². The van der Waals surface area contributed by atoms with Crippen molar-refractivity contribution >= 4 is 6.29 Å². The molecule has 0 fully saturated rings. The van der Waals surface area contributed by atoms with Gasteiger partial charge in [0.1, 0.15) is 5.69 Å². The molecule has 0 aliphatic heterocycles. The minimum atomic E-state index is 0.494. The molecular formula is C14H16N2O. The van der Waals surface area contributed by atoms with Crippen LogP contribution in [-0.2, 0) is 6.54 Å². The number of benzene rings is 1. The minimum absolute atomic E-state index is 0.494. The fraction of sp³-hybridized carbons (Fsp3) is 0.286. The van der Waals surface area contributed by atoms with E-state index < -0.39 is 0 Å². The highest BCUT2D eigenvalue weighted by atomic mass is 16.1. The summed E-state index contributed by atoms with van der Waals surface area (Å²) in [6, 6.07) is 10.1. The molecule has 0 spiro atoms. The number of hydrogen-bond donors (Lipinski definition) is 0. The second kappa shape index (κ2) is 4.95. The molecule has 0 N–H and O–H groups in total. The van der Waals surface area contributed by atoms with Crippen molar-refractivity contribution in [1.82, 2.24) is 9.78 Å². The first-order valence-electron chi connectivity index (χ1n) is 5.84. The third-order valence-corrected chi connectivity index (χ3v) is 2.70. The smallest absolute Gasteiger partial charge is 0.170 e. The molecule has 88 valence electrons. The van der Waals surface area contributed by atoms with Gasteiger partial charge >= 0.3 is 0 Å². The van der Waals surface area contributed by atoms with Crippen molar-refractivity contribution < 1.29 is 4.79 Å². The summed E-state index contributed by atoms with van der Waals surface area (Å²) in [7, 11) is 0. The summed E-state index contributed by atoms with van der Waals surface area (Å²) in [6.45, 7) is 4.99. The molecule has 17 heavy (non-hydrogen) atoms. The van der Waals surface area contributed by atoms with E-state index in [4.69, 9.17) is 0 Å². The van der Waals surface area contributed by atoms with E-state index in [-0.39, 0.29) is 0 Å². The first kappa shape index (κ1) is 11.6. The molecule has 0 unspecified atom stereocenters. The normalized spacial score (nSPS) is 10.5. The molecule has 0 aliphatic carbocycles. The first-order chi connectivity index (χ1) is 8.24. The Morgan fingerprint density at radius 2 is 2.00 bits per heavy atom. The number of carbonyl (C=O) groups is 1. The van der Waals surface area contributed by atoms with Gasteiger partial charge in [0.05, 0.1) is 5.69 Å². The number of hydrogen-bond acceptors (Lipinski definition) is 2. The Hall–Kier alpha value is -1.90. The van der Waals surface area contributed by atoms with Crippen LogP contribution in [0.1, 0.15) is 29.4 Å². The van der Waals surface area contributed by atoms with Crippen LogP contribution in [0.25, 0.3) is 11.3 Å². The highest BCUT2D eigenvalue weighted by Gasteiger charge is 2.08. The van der Waals surface area contributed by atoms with E-state index in [1.807, 2.05) is 10.7 Å². The van der Waals surface area contributed by atoms with Crippen LogP contribution in [0.15, 0.2) is 30.3 Å². The Bertz CT molecular complexity index is 512. The monoisotopic (exact) mass is 228 g/mol. The molecule has 1 heterocycles. The summed E-state index contributed by atoms with van der Waals surface area (Å²) in [5.41, 5.74) is 3.83. The van der Waals surface area contributed by atoms with E-state index in [9.17, 15) is 4.79 Å². The van der Waals surface area contributed by atoms with Crippen molar-refractivity contribution in [2.24, 2.45) is 0 Å². The van der Waals surface area contributed by atoms with Crippen molar-refractivity contribution in [2.45, 2.75) is 26.8 Å². The molecule has 0 amide bonds. The van der Waals surface area contributed by atoms with Gasteiger partial charge in [-0.25, -0.2) is 0 Å². The van der Waals surface area contributed by atoms with E-state index in [1.165, 1.54) is 5.56 Å². The molecule has 0 saturated heterocycles. The zero-order chi connectivity index (χ0) is 12.3. The number of aryl methyl sites for hydroxylation is 2. The van der Waals surface area contributed by atoms with Crippen LogP contribution in [-0.4, -0.2) is 16.1 Å². The van der Waals surface area contributed by atoms with Crippen LogP contribution in [0, 0.1) is 6.92 Å². The maximum atomic E-state index is 10.8. The summed E-state index contributed by atoms with van der Waals surface area (Å²) >= 11 is 0. The quantitative estimate of drug-likeness (QED) is 0.754. The van der Waals surface area contributed by atoms with Gasteiger partial charge in [-0.2, -0.15) is 5.10 Å². The van der Waals surface area contributed by atoms with Crippen LogP contribution in [0.2, 0.25) is 0 Å². The van der Waals surface area contributed by atoms with Gasteiger partial charge in [0, 0.05) is 6.54 Å². The van der Waals surface area contributed by atoms with Gasteiger partial charge in [-0.15, -0.1) is 0 Å². The Labute approximate surface area is 101 Å². The molecule has 3 heteroatoms. The highest BCUT2D eigenvalue weighted by molar-refractivity contribution is 5.75. The topological polar surface area (TPSA) is 34.9 Å². The maximum absolute atomic E-state index is 10.8. The van der Waals surface area contributed by atoms with Gasteiger partial charge in [0.15, 0.2) is 6.29 Å². The van der Waals surface area contributed by atoms with Gasteiger partial charge in [0.2, 0.25) is 0 Å². The first-order valence-corrected chi connectivity index (χ1v) is 5.84. The lowest BCUT2D eigenvalue weighted by Gasteiger charge is -2.06. The molecule has 0 saturated carbocycles. The van der Waals surface area contributed by atoms with Crippen molar-refractivity contribution in [2.75, 3.05) is 0 Å². The average Bonchev–Trinajstić information content (AvgIpc) is 2.74. The summed E-state index contributed by atoms with van der Waals surface area (Å²) < 4.78 is 1.90. The molecule has 2 rings (SSSR count). The maximum Gasteiger partial charge on any atom is 0.170 e. The summed E-state index contributed by atoms with van der Waals surface area (Å²) in [6.07, 6.45) is 1.79. The third-order valence-electron chi connectivity index (χ3n) is 2.70. The molecular weight excluding hydrogens is 212 g/mol. The summed E-state index contributed by atoms with van der Waals surface area (Å²) in [5, 5.41) is 4.27. The van der Waals surface area contributed by atoms with Crippen LogP contribution < -0.4 is 0 Å². The lowest BCUT2D eigenvalue weighted by atomic mass is 10.1. The Kier molecular flexibility index (Phi) is 3.38. The lowest BCUT2D eigenvalue weighted by Crippen LogP contribution is -2.01. The van der Waals surface area contributed by atoms with E-state index in [1.54, 1.807) is 0 Å². The zero-order valence-electron chi connectivity index (χ0n) is 10.2. The Morgan fingerprint density at radius 3 is 2.59 bits per heavy atom. The minimum Gasteiger partial charge on any atom is -0.296 e. The van der Waals surface area contributed by atoms with Crippen LogP contribution in [0.4, 0.5) is 0 Å². The Balaban J connectivity index is 2.45. The molecule has 3 nitrogen and oxygen atoms in total. The lowest BCUT2D eigenvalue weighted by molar-refractivity contribution is 0.111. The van der Waals surface area contributed by atoms with Crippen LogP contribution >= 0.6 is 0 Å². The number of rotatable bonds is 4. The van der Waals surface area contributed by atoms with Crippen LogP contribution in [0.3, 0.4) is 0 Å². The van der Waals surface area contributed by atoms with Gasteiger partial charge in [0.25, 0.3) is 0 Å². The molecule has 0 atom stereocenters. The van der Waals surface area contributed by atoms with E-state index in [0.717, 1.165) is 30.5 Å². The predicted octanol–water partition coefficient (Wildman–Crippen LogP) is 3.08. The van der Waals surface area contributed by atoms with Crippen molar-refractivity contribution in [1.29, 1.82) is 0 Å². The number of aromatic nitrogens is 2. The second-order valence-corrected chi connectivity index (χ2v) is 4.16. The second-order valence-electron chi connectivity index (χ2n) is 4.16. The third kappa shape index (κ3) is 2.44. The molecule has 0 bridgehead atoms. The van der Waals surface area contributed by atoms with E-state index in [0.29, 0.717) is 5.69 Å². The van der Waals surface area contributed by atoms with Crippen molar-refractivity contribution in [3.05, 3.63) is 41.6 Å². The van der Waals surface area contributed by atoms with Crippen LogP contribution in [0.5, 0.6) is 0 Å². The standard InChI is InChI=1S/C14H16N2O/c1-3-8-16-14(9-13(10-17)15-16)12-6-4-11(2)5-7-12/h4-7,9-10H,3,8H2,1-2H3. The number of nitrogens with zero attached hydrogens (tertiary/aromatic N) is 2. The van der Waals surface area contributed by atoms with E-state index in [2.05, 4.69) is 43.2 Å². The summed E-state index contributed by atoms with van der Waals surface area (Å²) in [4.78, 5) is 10.8. The van der Waals surface area contributed by atoms with Crippen molar-refractivity contribution in [3.8, 4) is 11.3 Å². The highest BCUT2D eigenvalue weighted by Crippen LogP contribution is 2.21. The molecule has 1 aromatic heterocycles. The molecule has 2 aromatic rings. The number of aldehydes is 1. The van der Waals surface area contributed by atoms with Gasteiger partial charge in [-0.3, -0.25) is 9.48 Å². The fourth-order valence-electron chi connectivity index (χ4n) is 1.83. The van der Waals surface area contributed by atoms with Gasteiger partial charge < -0.3 is 0 Å². The van der Waals surface area contributed by atoms with Gasteiger partial charge in [-0.1, -0.05) is 36.8 Å². The summed E-state index contributed by atoms with van der Waals surface area (Å²) in [5.74, 6) is 0. The van der Waals surface area contributed by atoms with E-state index >= 15 is 0 Å². The molecule has 0 aliphatic rings. The zero-order valence-corrected chi connectivity index (χ0v) is 10.2. The molecule has 0 radical (unpaired) electrons. The van der Waals surface area contributed by atoms with Crippen molar-refractivity contribution in [3.63, 3.8) is 0 Å². The Morgan fingerprint density at radius 1 is 1.29 bits per heavy atom. The molecule has 1 aromatic carbocycles. The SMILES string of the molecule is CCCn1nc(C=O)cc1-c1ccc(C)cc1. The average molecular weight is 228 g/mol. The number of carbonyl (C=O) groups excluding carboxylic acids is 1. The largest absolute Gasteiger partial charge is 0.296 e. The fourth-order valence-corrected chi connectivity index (χ4v) is 1.83. The predicted molar refractivity (Wildman–Crippen MR) is 68.1 cm³/mol.